The summed E-state index contributed by atoms with van der Waals surface area (Å²) < 4.78 is 66.3. The van der Waals surface area contributed by atoms with Crippen LogP contribution in [0.15, 0.2) is 30.3 Å². The average Bonchev–Trinajstić information content (AvgIpc) is 3.02. The van der Waals surface area contributed by atoms with Gasteiger partial charge in [-0.25, -0.2) is 13.6 Å². The lowest BCUT2D eigenvalue weighted by Crippen LogP contribution is -2.47. The lowest BCUT2D eigenvalue weighted by molar-refractivity contribution is -0.137. The van der Waals surface area contributed by atoms with Crippen molar-refractivity contribution in [2.24, 2.45) is 0 Å². The topological polar surface area (TPSA) is 44.9 Å². The maximum absolute atomic E-state index is 13.6. The number of nitrogens with zero attached hydrogens (tertiary/aromatic N) is 2. The molecule has 9 heteroatoms. The number of halogens is 5. The van der Waals surface area contributed by atoms with Gasteiger partial charge in [-0.2, -0.15) is 13.2 Å². The third kappa shape index (κ3) is 4.28. The summed E-state index contributed by atoms with van der Waals surface area (Å²) in [6.07, 6.45) is -4.82. The van der Waals surface area contributed by atoms with Gasteiger partial charge >= 0.3 is 6.18 Å². The number of ketones is 1. The highest BCUT2D eigenvalue weighted by atomic mass is 19.4. The van der Waals surface area contributed by atoms with Crippen LogP contribution in [0.5, 0.6) is 0 Å². The Bertz CT molecular complexity index is 1040. The Hall–Kier alpha value is -2.99. The highest BCUT2D eigenvalue weighted by molar-refractivity contribution is 5.89. The summed E-state index contributed by atoms with van der Waals surface area (Å²) in [5.74, 6) is -2.77. The molecule has 1 atom stereocenters. The first-order chi connectivity index (χ1) is 13.9. The van der Waals surface area contributed by atoms with Crippen LogP contribution in [0.2, 0.25) is 0 Å². The summed E-state index contributed by atoms with van der Waals surface area (Å²) in [6, 6.07) is 5.02. The van der Waals surface area contributed by atoms with Gasteiger partial charge in [0.25, 0.3) is 0 Å². The number of aliphatic hydroxyl groups is 1. The number of carbonyl (C=O) groups is 1. The summed E-state index contributed by atoms with van der Waals surface area (Å²) in [7, 11) is 0. The predicted molar refractivity (Wildman–Crippen MR) is 99.3 cm³/mol. The number of β-amino-alcohol motifs (C(OH)–C–C–N with tert-alkyl or cyclic N) is 1. The van der Waals surface area contributed by atoms with Crippen LogP contribution in [-0.2, 0) is 23.8 Å². The largest absolute Gasteiger partial charge is 0.407 e. The van der Waals surface area contributed by atoms with Gasteiger partial charge in [-0.1, -0.05) is 18.2 Å². The molecule has 0 saturated carbocycles. The first-order valence-corrected chi connectivity index (χ1v) is 8.98. The lowest BCUT2D eigenvalue weighted by atomic mass is 9.93. The molecule has 0 bridgehead atoms. The van der Waals surface area contributed by atoms with E-state index in [2.05, 4.69) is 4.85 Å². The number of hydrogen-bond acceptors (Lipinski definition) is 3. The van der Waals surface area contributed by atoms with Crippen LogP contribution < -0.4 is 4.90 Å². The number of alkyl halides is 3. The van der Waals surface area contributed by atoms with Gasteiger partial charge < -0.3 is 10.0 Å². The summed E-state index contributed by atoms with van der Waals surface area (Å²) in [5.41, 5.74) is -2.75. The second kappa shape index (κ2) is 7.69. The molecular weight excluding hydrogens is 407 g/mol. The Morgan fingerprint density at radius 2 is 1.87 bits per heavy atom. The van der Waals surface area contributed by atoms with Gasteiger partial charge in [-0.05, 0) is 30.5 Å². The molecule has 4 nitrogen and oxygen atoms in total. The number of carbonyl (C=O) groups excluding carboxylic acids is 1. The predicted octanol–water partition coefficient (Wildman–Crippen LogP) is 4.46. The van der Waals surface area contributed by atoms with Gasteiger partial charge in [0, 0.05) is 24.7 Å². The quantitative estimate of drug-likeness (QED) is 0.570. The van der Waals surface area contributed by atoms with Crippen LogP contribution in [0.1, 0.15) is 23.6 Å². The van der Waals surface area contributed by atoms with Crippen LogP contribution >= 0.6 is 0 Å². The number of Topliss-reactive ketones (excluding diaryl/α,β-unsaturated/α-hetero) is 1. The second-order valence-electron chi connectivity index (χ2n) is 7.40. The average molecular weight is 424 g/mol. The van der Waals surface area contributed by atoms with Crippen LogP contribution in [0, 0.1) is 18.2 Å². The third-order valence-corrected chi connectivity index (χ3v) is 5.06. The molecule has 1 aliphatic heterocycles. The molecule has 1 N–H and O–H groups in total. The Balaban J connectivity index is 1.78. The van der Waals surface area contributed by atoms with E-state index in [1.54, 1.807) is 4.90 Å². The van der Waals surface area contributed by atoms with E-state index in [0.29, 0.717) is 24.2 Å². The molecule has 0 saturated heterocycles. The molecule has 0 fully saturated rings. The first-order valence-electron chi connectivity index (χ1n) is 8.98. The molecule has 1 aliphatic rings. The van der Waals surface area contributed by atoms with E-state index >= 15 is 0 Å². The van der Waals surface area contributed by atoms with Crippen LogP contribution in [0.25, 0.3) is 4.85 Å². The highest BCUT2D eigenvalue weighted by Crippen LogP contribution is 2.37. The molecule has 0 spiro atoms. The van der Waals surface area contributed by atoms with Gasteiger partial charge in [0.2, 0.25) is 0 Å². The number of rotatable bonds is 5. The monoisotopic (exact) mass is 424 g/mol. The van der Waals surface area contributed by atoms with Crippen molar-refractivity contribution in [3.8, 4) is 0 Å². The Morgan fingerprint density at radius 1 is 1.20 bits per heavy atom. The lowest BCUT2D eigenvalue weighted by Gasteiger charge is -2.29. The number of benzene rings is 2. The minimum Gasteiger partial charge on any atom is -0.380 e. The summed E-state index contributed by atoms with van der Waals surface area (Å²) in [4.78, 5) is 17.0. The van der Waals surface area contributed by atoms with Crippen LogP contribution in [0.3, 0.4) is 0 Å². The molecule has 1 heterocycles. The molecular formula is C21H17F5N2O2. The Morgan fingerprint density at radius 3 is 2.50 bits per heavy atom. The fourth-order valence-corrected chi connectivity index (χ4v) is 3.47. The van der Waals surface area contributed by atoms with Gasteiger partial charge in [-0.15, -0.1) is 0 Å². The number of anilines is 1. The van der Waals surface area contributed by atoms with Gasteiger partial charge in [-0.3, -0.25) is 4.79 Å². The minimum atomic E-state index is -4.75. The summed E-state index contributed by atoms with van der Waals surface area (Å²) in [6.45, 7) is 8.19. The zero-order valence-corrected chi connectivity index (χ0v) is 15.9. The molecule has 0 aliphatic carbocycles. The second-order valence-corrected chi connectivity index (χ2v) is 7.40. The number of fused-ring (bicyclic) bond motifs is 1. The highest BCUT2D eigenvalue weighted by Gasteiger charge is 2.36. The zero-order valence-electron chi connectivity index (χ0n) is 15.9. The summed E-state index contributed by atoms with van der Waals surface area (Å²) in [5, 5.41) is 10.7. The fourth-order valence-electron chi connectivity index (χ4n) is 3.47. The molecule has 0 aromatic heterocycles. The molecule has 0 unspecified atom stereocenters. The Labute approximate surface area is 169 Å². The van der Waals surface area contributed by atoms with Crippen molar-refractivity contribution in [2.45, 2.75) is 31.5 Å². The smallest absolute Gasteiger partial charge is 0.380 e. The van der Waals surface area contributed by atoms with Crippen LogP contribution in [-0.4, -0.2) is 29.6 Å². The maximum atomic E-state index is 13.6. The van der Waals surface area contributed by atoms with Gasteiger partial charge in [0.05, 0.1) is 18.7 Å². The first kappa shape index (κ1) is 21.7. The summed E-state index contributed by atoms with van der Waals surface area (Å²) >= 11 is 0. The molecule has 2 aromatic rings. The van der Waals surface area contributed by atoms with Crippen molar-refractivity contribution in [2.75, 3.05) is 18.0 Å². The van der Waals surface area contributed by atoms with Gasteiger partial charge in [0.15, 0.2) is 23.1 Å². The molecule has 30 heavy (non-hydrogen) atoms. The zero-order chi connectivity index (χ0) is 22.3. The molecule has 0 amide bonds. The van der Waals surface area contributed by atoms with Crippen molar-refractivity contribution in [3.05, 3.63) is 70.1 Å². The Kier molecular flexibility index (Phi) is 5.56. The van der Waals surface area contributed by atoms with Crippen molar-refractivity contribution >= 4 is 17.2 Å². The van der Waals surface area contributed by atoms with E-state index in [9.17, 15) is 31.9 Å². The molecule has 2 aromatic carbocycles. The minimum absolute atomic E-state index is 0.00920. The van der Waals surface area contributed by atoms with E-state index in [-0.39, 0.29) is 12.1 Å². The van der Waals surface area contributed by atoms with E-state index in [0.717, 1.165) is 24.3 Å². The van der Waals surface area contributed by atoms with E-state index < -0.39 is 46.9 Å². The van der Waals surface area contributed by atoms with Crippen molar-refractivity contribution in [1.82, 2.24) is 0 Å². The van der Waals surface area contributed by atoms with E-state index in [1.165, 1.54) is 13.0 Å². The number of hydrogen-bond donors (Lipinski definition) is 1. The van der Waals surface area contributed by atoms with Crippen molar-refractivity contribution < 1.29 is 31.9 Å². The fraction of sp³-hybridized carbons (Fsp3) is 0.333. The van der Waals surface area contributed by atoms with Crippen LogP contribution in [0.4, 0.5) is 33.3 Å². The van der Waals surface area contributed by atoms with Gasteiger partial charge in [0.1, 0.15) is 5.60 Å². The molecule has 3 rings (SSSR count). The van der Waals surface area contributed by atoms with E-state index in [4.69, 9.17) is 6.57 Å². The van der Waals surface area contributed by atoms with Crippen molar-refractivity contribution in [1.29, 1.82) is 0 Å². The molecule has 0 radical (unpaired) electrons. The standard InChI is InChI=1S/C21H17F5N2O2/c1-20(30,11-28-6-5-13-9-15(22)16(23)10-18(13)28)19(29)8-12-3-4-17(27-2)14(7-12)21(24,25)26/h3-4,7,9-10,30H,5-6,8,11H2,1H3/t20-/m0/s1. The van der Waals surface area contributed by atoms with E-state index in [1.807, 2.05) is 0 Å². The maximum Gasteiger partial charge on any atom is 0.407 e. The normalized spacial score (nSPS) is 15.5. The third-order valence-electron chi connectivity index (χ3n) is 5.06. The SMILES string of the molecule is [C-]#[N+]c1ccc(CC(=O)[C@@](C)(O)CN2CCc3cc(F)c(F)cc32)cc1C(F)(F)F. The molecule has 158 valence electrons. The van der Waals surface area contributed by atoms with Crippen molar-refractivity contribution in [3.63, 3.8) is 0 Å².